The highest BCUT2D eigenvalue weighted by Crippen LogP contribution is 2.31. The van der Waals surface area contributed by atoms with Gasteiger partial charge in [0.25, 0.3) is 0 Å². The van der Waals surface area contributed by atoms with E-state index in [1.54, 1.807) is 0 Å². The lowest BCUT2D eigenvalue weighted by Gasteiger charge is -2.34. The normalized spacial score (nSPS) is 16.5. The summed E-state index contributed by atoms with van der Waals surface area (Å²) < 4.78 is 0. The van der Waals surface area contributed by atoms with Gasteiger partial charge < -0.3 is 5.32 Å². The molecule has 136 valence electrons. The van der Waals surface area contributed by atoms with Crippen molar-refractivity contribution in [1.82, 2.24) is 14.9 Å². The highest BCUT2D eigenvalue weighted by Gasteiger charge is 2.26. The van der Waals surface area contributed by atoms with Gasteiger partial charge in [-0.15, -0.1) is 0 Å². The molecule has 25 heavy (non-hydrogen) atoms. The molecule has 0 amide bonds. The maximum absolute atomic E-state index is 4.92. The first-order chi connectivity index (χ1) is 11.7. The molecule has 0 atom stereocenters. The maximum Gasteiger partial charge on any atom is 0.145 e. The molecule has 1 saturated heterocycles. The number of para-hydroxylation sites is 1. The molecule has 4 nitrogen and oxygen atoms in total. The number of likely N-dealkylation sites (tertiary alicyclic amines) is 1. The zero-order valence-corrected chi connectivity index (χ0v) is 16.4. The topological polar surface area (TPSA) is 41.1 Å². The number of hydrogen-bond acceptors (Lipinski definition) is 4. The van der Waals surface area contributed by atoms with Crippen LogP contribution in [0.5, 0.6) is 0 Å². The van der Waals surface area contributed by atoms with Crippen LogP contribution in [-0.4, -0.2) is 33.5 Å². The molecule has 1 aliphatic rings. The minimum atomic E-state index is -0.0275. The molecule has 0 spiro atoms. The first kappa shape index (κ1) is 18.1. The molecule has 1 N–H and O–H groups in total. The summed E-state index contributed by atoms with van der Waals surface area (Å²) >= 11 is 0. The Balaban J connectivity index is 1.91. The molecule has 0 unspecified atom stereocenters. The summed E-state index contributed by atoms with van der Waals surface area (Å²) in [5.41, 5.74) is 1.26. The van der Waals surface area contributed by atoms with Crippen LogP contribution < -0.4 is 5.32 Å². The summed E-state index contributed by atoms with van der Waals surface area (Å²) in [6.45, 7) is 14.5. The SMILES string of the molecule is CC(C)(C)CC(C)(C)Nc1nc(CN2CCCC2)nc2ccccc12. The van der Waals surface area contributed by atoms with Gasteiger partial charge in [0.15, 0.2) is 0 Å². The van der Waals surface area contributed by atoms with Crippen LogP contribution >= 0.6 is 0 Å². The van der Waals surface area contributed by atoms with Crippen LogP contribution in [0.2, 0.25) is 0 Å². The number of fused-ring (bicyclic) bond motifs is 1. The lowest BCUT2D eigenvalue weighted by Crippen LogP contribution is -2.36. The van der Waals surface area contributed by atoms with E-state index < -0.39 is 0 Å². The highest BCUT2D eigenvalue weighted by atomic mass is 15.2. The Morgan fingerprint density at radius 2 is 1.68 bits per heavy atom. The average Bonchev–Trinajstić information content (AvgIpc) is 2.97. The first-order valence-corrected chi connectivity index (χ1v) is 9.48. The van der Waals surface area contributed by atoms with E-state index in [9.17, 15) is 0 Å². The fourth-order valence-electron chi connectivity index (χ4n) is 4.12. The molecule has 0 aliphatic carbocycles. The Morgan fingerprint density at radius 3 is 2.36 bits per heavy atom. The van der Waals surface area contributed by atoms with Crippen molar-refractivity contribution in [3.8, 4) is 0 Å². The quantitative estimate of drug-likeness (QED) is 0.844. The number of benzene rings is 1. The predicted octanol–water partition coefficient (Wildman–Crippen LogP) is 4.85. The third-order valence-electron chi connectivity index (χ3n) is 4.64. The van der Waals surface area contributed by atoms with Crippen molar-refractivity contribution >= 4 is 16.7 Å². The van der Waals surface area contributed by atoms with Gasteiger partial charge in [0.1, 0.15) is 11.6 Å². The van der Waals surface area contributed by atoms with E-state index in [2.05, 4.69) is 69.1 Å². The predicted molar refractivity (Wildman–Crippen MR) is 106 cm³/mol. The van der Waals surface area contributed by atoms with E-state index in [1.807, 2.05) is 0 Å². The molecular weight excluding hydrogens is 308 g/mol. The Kier molecular flexibility index (Phi) is 5.01. The Bertz CT molecular complexity index is 724. The van der Waals surface area contributed by atoms with E-state index in [0.29, 0.717) is 0 Å². The smallest absolute Gasteiger partial charge is 0.145 e. The largest absolute Gasteiger partial charge is 0.365 e. The van der Waals surface area contributed by atoms with E-state index in [4.69, 9.17) is 9.97 Å². The fourth-order valence-corrected chi connectivity index (χ4v) is 4.12. The molecule has 3 rings (SSSR count). The van der Waals surface area contributed by atoms with Crippen LogP contribution in [0, 0.1) is 5.41 Å². The van der Waals surface area contributed by atoms with Gasteiger partial charge in [0, 0.05) is 10.9 Å². The minimum absolute atomic E-state index is 0.0275. The number of aromatic nitrogens is 2. The summed E-state index contributed by atoms with van der Waals surface area (Å²) in [5, 5.41) is 4.82. The van der Waals surface area contributed by atoms with Crippen LogP contribution in [0.1, 0.15) is 59.7 Å². The standard InChI is InChI=1S/C21H32N4/c1-20(2,3)15-21(4,5)24-19-16-10-6-7-11-17(16)22-18(23-19)14-25-12-8-9-13-25/h6-7,10-11H,8-9,12-15H2,1-5H3,(H,22,23,24). The summed E-state index contributed by atoms with van der Waals surface area (Å²) in [5.74, 6) is 1.89. The maximum atomic E-state index is 4.92. The van der Waals surface area contributed by atoms with Gasteiger partial charge in [-0.05, 0) is 63.7 Å². The van der Waals surface area contributed by atoms with Crippen LogP contribution in [0.3, 0.4) is 0 Å². The van der Waals surface area contributed by atoms with Crippen LogP contribution in [0.25, 0.3) is 10.9 Å². The first-order valence-electron chi connectivity index (χ1n) is 9.48. The van der Waals surface area contributed by atoms with Gasteiger partial charge in [-0.25, -0.2) is 9.97 Å². The molecule has 0 bridgehead atoms. The van der Waals surface area contributed by atoms with E-state index >= 15 is 0 Å². The minimum Gasteiger partial charge on any atom is -0.365 e. The van der Waals surface area contributed by atoms with E-state index in [-0.39, 0.29) is 11.0 Å². The number of hydrogen-bond donors (Lipinski definition) is 1. The van der Waals surface area contributed by atoms with Gasteiger partial charge in [0.2, 0.25) is 0 Å². The Labute approximate surface area is 152 Å². The second kappa shape index (κ2) is 6.91. The fraction of sp³-hybridized carbons (Fsp3) is 0.619. The van der Waals surface area contributed by atoms with Crippen molar-refractivity contribution in [3.63, 3.8) is 0 Å². The third kappa shape index (κ3) is 4.91. The Hall–Kier alpha value is -1.68. The van der Waals surface area contributed by atoms with E-state index in [1.165, 1.54) is 12.8 Å². The number of nitrogens with zero attached hydrogens (tertiary/aromatic N) is 3. The molecule has 1 aliphatic heterocycles. The van der Waals surface area contributed by atoms with Crippen molar-refractivity contribution in [3.05, 3.63) is 30.1 Å². The van der Waals surface area contributed by atoms with Gasteiger partial charge in [-0.3, -0.25) is 4.90 Å². The zero-order chi connectivity index (χ0) is 18.1. The van der Waals surface area contributed by atoms with Gasteiger partial charge >= 0.3 is 0 Å². The Morgan fingerprint density at radius 1 is 1.00 bits per heavy atom. The van der Waals surface area contributed by atoms with Gasteiger partial charge in [-0.2, -0.15) is 0 Å². The summed E-state index contributed by atoms with van der Waals surface area (Å²) in [7, 11) is 0. The molecule has 1 fully saturated rings. The van der Waals surface area contributed by atoms with Crippen molar-refractivity contribution in [2.45, 2.75) is 66.0 Å². The summed E-state index contributed by atoms with van der Waals surface area (Å²) in [6, 6.07) is 8.32. The molecule has 2 aromatic rings. The second-order valence-electron chi connectivity index (χ2n) is 9.24. The average molecular weight is 341 g/mol. The number of anilines is 1. The monoisotopic (exact) mass is 340 g/mol. The van der Waals surface area contributed by atoms with Crippen LogP contribution in [0.15, 0.2) is 24.3 Å². The number of rotatable bonds is 5. The molecule has 4 heteroatoms. The van der Waals surface area contributed by atoms with Crippen molar-refractivity contribution < 1.29 is 0 Å². The van der Waals surface area contributed by atoms with Gasteiger partial charge in [0.05, 0.1) is 12.1 Å². The van der Waals surface area contributed by atoms with Crippen molar-refractivity contribution in [1.29, 1.82) is 0 Å². The summed E-state index contributed by atoms with van der Waals surface area (Å²) in [4.78, 5) is 12.2. The van der Waals surface area contributed by atoms with Gasteiger partial charge in [-0.1, -0.05) is 32.9 Å². The van der Waals surface area contributed by atoms with Crippen LogP contribution in [-0.2, 0) is 6.54 Å². The lowest BCUT2D eigenvalue weighted by molar-refractivity contribution is 0.301. The molecular formula is C21H32N4. The lowest BCUT2D eigenvalue weighted by atomic mass is 9.82. The molecule has 0 saturated carbocycles. The zero-order valence-electron chi connectivity index (χ0n) is 16.4. The molecule has 1 aromatic carbocycles. The number of nitrogens with one attached hydrogen (secondary N) is 1. The molecule has 1 aromatic heterocycles. The second-order valence-corrected chi connectivity index (χ2v) is 9.24. The molecule has 0 radical (unpaired) electrons. The van der Waals surface area contributed by atoms with Crippen LogP contribution in [0.4, 0.5) is 5.82 Å². The van der Waals surface area contributed by atoms with Crippen molar-refractivity contribution in [2.75, 3.05) is 18.4 Å². The third-order valence-corrected chi connectivity index (χ3v) is 4.64. The molecule has 2 heterocycles. The summed E-state index contributed by atoms with van der Waals surface area (Å²) in [6.07, 6.45) is 3.65. The highest BCUT2D eigenvalue weighted by molar-refractivity contribution is 5.89. The van der Waals surface area contributed by atoms with Crippen molar-refractivity contribution in [2.24, 2.45) is 5.41 Å². The van der Waals surface area contributed by atoms with E-state index in [0.717, 1.165) is 48.6 Å².